The largest absolute Gasteiger partial charge is 0.256 e. The third-order valence-electron chi connectivity index (χ3n) is 3.70. The number of benzene rings is 3. The van der Waals surface area contributed by atoms with Crippen LogP contribution in [0.3, 0.4) is 0 Å². The van der Waals surface area contributed by atoms with Gasteiger partial charge in [0.15, 0.2) is 0 Å². The van der Waals surface area contributed by atoms with E-state index in [9.17, 15) is 0 Å². The highest BCUT2D eigenvalue weighted by atomic mass is 14.6. The van der Waals surface area contributed by atoms with E-state index >= 15 is 0 Å². The third kappa shape index (κ3) is 1.76. The third-order valence-corrected chi connectivity index (χ3v) is 3.70. The van der Waals surface area contributed by atoms with Crippen LogP contribution in [0.25, 0.3) is 32.8 Å². The first-order valence-corrected chi connectivity index (χ1v) is 6.75. The predicted octanol–water partition coefficient (Wildman–Crippen LogP) is 5.06. The van der Waals surface area contributed by atoms with E-state index in [2.05, 4.69) is 71.7 Å². The van der Waals surface area contributed by atoms with Crippen molar-refractivity contribution in [2.45, 2.75) is 0 Å². The number of pyridine rings is 1. The van der Waals surface area contributed by atoms with Crippen molar-refractivity contribution in [2.24, 2.45) is 0 Å². The number of aromatic nitrogens is 1. The highest BCUT2D eigenvalue weighted by molar-refractivity contribution is 5.98. The average molecular weight is 255 g/mol. The van der Waals surface area contributed by atoms with E-state index in [-0.39, 0.29) is 0 Å². The van der Waals surface area contributed by atoms with Gasteiger partial charge in [-0.05, 0) is 40.1 Å². The second kappa shape index (κ2) is 4.46. The Morgan fingerprint density at radius 1 is 0.650 bits per heavy atom. The Kier molecular flexibility index (Phi) is 2.49. The van der Waals surface area contributed by atoms with E-state index in [4.69, 9.17) is 0 Å². The standard InChI is InChI=1S/C19H13N/c1-2-8-17-14(5-1)6-3-9-18(17)15-10-11-19-16(13-15)7-4-12-20-19/h1-13H. The molecule has 0 saturated heterocycles. The summed E-state index contributed by atoms with van der Waals surface area (Å²) in [7, 11) is 0. The van der Waals surface area contributed by atoms with Gasteiger partial charge in [0.05, 0.1) is 5.52 Å². The number of hydrogen-bond acceptors (Lipinski definition) is 1. The van der Waals surface area contributed by atoms with Gasteiger partial charge in [-0.25, -0.2) is 0 Å². The average Bonchev–Trinajstić information content (AvgIpc) is 2.54. The van der Waals surface area contributed by atoms with Crippen molar-refractivity contribution in [3.8, 4) is 11.1 Å². The second-order valence-corrected chi connectivity index (χ2v) is 4.94. The SMILES string of the molecule is c1cnc2ccc(-c3cccc4ccccc34)cc2c1. The molecule has 0 N–H and O–H groups in total. The lowest BCUT2D eigenvalue weighted by atomic mass is 9.97. The number of hydrogen-bond donors (Lipinski definition) is 0. The molecule has 0 spiro atoms. The highest BCUT2D eigenvalue weighted by Crippen LogP contribution is 2.30. The fourth-order valence-electron chi connectivity index (χ4n) is 2.72. The summed E-state index contributed by atoms with van der Waals surface area (Å²) in [5.41, 5.74) is 3.55. The minimum Gasteiger partial charge on any atom is -0.256 e. The predicted molar refractivity (Wildman–Crippen MR) is 84.7 cm³/mol. The van der Waals surface area contributed by atoms with Crippen molar-refractivity contribution in [3.63, 3.8) is 0 Å². The summed E-state index contributed by atoms with van der Waals surface area (Å²) in [6.07, 6.45) is 1.83. The van der Waals surface area contributed by atoms with Gasteiger partial charge in [-0.2, -0.15) is 0 Å². The Morgan fingerprint density at radius 3 is 2.50 bits per heavy atom. The molecule has 1 heterocycles. The molecule has 0 amide bonds. The van der Waals surface area contributed by atoms with E-state index in [0.29, 0.717) is 0 Å². The first kappa shape index (κ1) is 11.2. The molecule has 20 heavy (non-hydrogen) atoms. The fraction of sp³-hybridized carbons (Fsp3) is 0. The van der Waals surface area contributed by atoms with Crippen LogP contribution < -0.4 is 0 Å². The van der Waals surface area contributed by atoms with Gasteiger partial charge in [0.2, 0.25) is 0 Å². The maximum absolute atomic E-state index is 4.38. The molecule has 3 aromatic carbocycles. The summed E-state index contributed by atoms with van der Waals surface area (Å²) < 4.78 is 0. The molecule has 0 aliphatic carbocycles. The number of fused-ring (bicyclic) bond motifs is 2. The summed E-state index contributed by atoms with van der Waals surface area (Å²) in [6, 6.07) is 25.5. The molecule has 0 unspecified atom stereocenters. The molecule has 0 aliphatic rings. The van der Waals surface area contributed by atoms with Crippen LogP contribution in [0, 0.1) is 0 Å². The van der Waals surface area contributed by atoms with Gasteiger partial charge in [0.25, 0.3) is 0 Å². The van der Waals surface area contributed by atoms with E-state index in [1.807, 2.05) is 12.3 Å². The molecule has 0 saturated carbocycles. The van der Waals surface area contributed by atoms with Gasteiger partial charge in [-0.3, -0.25) is 4.98 Å². The molecule has 94 valence electrons. The normalized spacial score (nSPS) is 11.0. The Balaban J connectivity index is 2.01. The number of nitrogens with zero attached hydrogens (tertiary/aromatic N) is 1. The molecule has 0 bridgehead atoms. The zero-order valence-corrected chi connectivity index (χ0v) is 11.0. The van der Waals surface area contributed by atoms with E-state index < -0.39 is 0 Å². The Bertz CT molecular complexity index is 904. The maximum Gasteiger partial charge on any atom is 0.0702 e. The molecule has 4 aromatic rings. The summed E-state index contributed by atoms with van der Waals surface area (Å²) in [6.45, 7) is 0. The molecule has 1 nitrogen and oxygen atoms in total. The molecule has 4 rings (SSSR count). The topological polar surface area (TPSA) is 12.9 Å². The molecule has 0 radical (unpaired) electrons. The first-order valence-electron chi connectivity index (χ1n) is 6.75. The lowest BCUT2D eigenvalue weighted by Gasteiger charge is -2.07. The van der Waals surface area contributed by atoms with Crippen molar-refractivity contribution >= 4 is 21.7 Å². The fourth-order valence-corrected chi connectivity index (χ4v) is 2.72. The Hall–Kier alpha value is -2.67. The van der Waals surface area contributed by atoms with Crippen LogP contribution in [-0.4, -0.2) is 4.98 Å². The van der Waals surface area contributed by atoms with Crippen LogP contribution in [0.15, 0.2) is 79.0 Å². The molecular formula is C19H13N. The lowest BCUT2D eigenvalue weighted by Crippen LogP contribution is -1.83. The molecule has 0 aliphatic heterocycles. The summed E-state index contributed by atoms with van der Waals surface area (Å²) in [4.78, 5) is 4.38. The van der Waals surface area contributed by atoms with Gasteiger partial charge in [-0.15, -0.1) is 0 Å². The van der Waals surface area contributed by atoms with Crippen LogP contribution in [0.1, 0.15) is 0 Å². The first-order chi connectivity index (χ1) is 9.92. The van der Waals surface area contributed by atoms with Gasteiger partial charge in [0, 0.05) is 11.6 Å². The van der Waals surface area contributed by atoms with Gasteiger partial charge in [0.1, 0.15) is 0 Å². The smallest absolute Gasteiger partial charge is 0.0702 e. The lowest BCUT2D eigenvalue weighted by molar-refractivity contribution is 1.41. The quantitative estimate of drug-likeness (QED) is 0.463. The van der Waals surface area contributed by atoms with Gasteiger partial charge in [-0.1, -0.05) is 54.6 Å². The van der Waals surface area contributed by atoms with Crippen LogP contribution in [0.4, 0.5) is 0 Å². The zero-order chi connectivity index (χ0) is 13.4. The van der Waals surface area contributed by atoms with Gasteiger partial charge >= 0.3 is 0 Å². The molecule has 0 fully saturated rings. The maximum atomic E-state index is 4.38. The van der Waals surface area contributed by atoms with Crippen molar-refractivity contribution < 1.29 is 0 Å². The molecule has 1 heteroatoms. The van der Waals surface area contributed by atoms with Crippen LogP contribution in [-0.2, 0) is 0 Å². The molecule has 0 atom stereocenters. The summed E-state index contributed by atoms with van der Waals surface area (Å²) in [5, 5.41) is 3.74. The van der Waals surface area contributed by atoms with Gasteiger partial charge < -0.3 is 0 Å². The Morgan fingerprint density at radius 2 is 1.50 bits per heavy atom. The Labute approximate surface area is 117 Å². The highest BCUT2D eigenvalue weighted by Gasteiger charge is 2.04. The van der Waals surface area contributed by atoms with Crippen molar-refractivity contribution in [3.05, 3.63) is 79.0 Å². The summed E-state index contributed by atoms with van der Waals surface area (Å²) >= 11 is 0. The van der Waals surface area contributed by atoms with Crippen molar-refractivity contribution in [1.82, 2.24) is 4.98 Å². The summed E-state index contributed by atoms with van der Waals surface area (Å²) in [5.74, 6) is 0. The van der Waals surface area contributed by atoms with Crippen molar-refractivity contribution in [2.75, 3.05) is 0 Å². The number of rotatable bonds is 1. The van der Waals surface area contributed by atoms with E-state index in [1.54, 1.807) is 0 Å². The monoisotopic (exact) mass is 255 g/mol. The van der Waals surface area contributed by atoms with E-state index in [1.165, 1.54) is 27.3 Å². The zero-order valence-electron chi connectivity index (χ0n) is 11.0. The van der Waals surface area contributed by atoms with Crippen molar-refractivity contribution in [1.29, 1.82) is 0 Å². The molecule has 1 aromatic heterocycles. The minimum absolute atomic E-state index is 1.04. The van der Waals surface area contributed by atoms with Crippen LogP contribution >= 0.6 is 0 Å². The molecular weight excluding hydrogens is 242 g/mol. The minimum atomic E-state index is 1.04. The second-order valence-electron chi connectivity index (χ2n) is 4.94. The van der Waals surface area contributed by atoms with Crippen LogP contribution in [0.2, 0.25) is 0 Å². The van der Waals surface area contributed by atoms with Crippen LogP contribution in [0.5, 0.6) is 0 Å². The van der Waals surface area contributed by atoms with E-state index in [0.717, 1.165) is 5.52 Å².